The molecule has 1 aliphatic heterocycles. The van der Waals surface area contributed by atoms with Crippen LogP contribution in [0.3, 0.4) is 0 Å². The van der Waals surface area contributed by atoms with Gasteiger partial charge in [-0.05, 0) is 60.7 Å². The van der Waals surface area contributed by atoms with E-state index in [-0.39, 0.29) is 16.7 Å². The standard InChI is InChI=1S/C22H26ClN3O4S/c1-14(2)13-19(22(28)24-17-9-7-16(23)8-10-17)25-31(29,30)21-6-4-5-20-18(21)11-12-26(20)15(3)27/h4-10,14,19,25H,11-13H2,1-3H3,(H,24,28). The van der Waals surface area contributed by atoms with Crippen molar-refractivity contribution in [3.05, 3.63) is 53.1 Å². The molecule has 0 radical (unpaired) electrons. The molecular formula is C22H26ClN3O4S. The van der Waals surface area contributed by atoms with E-state index >= 15 is 0 Å². The van der Waals surface area contributed by atoms with Gasteiger partial charge in [-0.15, -0.1) is 0 Å². The van der Waals surface area contributed by atoms with Gasteiger partial charge in [0.2, 0.25) is 21.8 Å². The number of hydrogen-bond donors (Lipinski definition) is 2. The number of halogens is 1. The zero-order valence-corrected chi connectivity index (χ0v) is 19.3. The highest BCUT2D eigenvalue weighted by molar-refractivity contribution is 7.89. The molecule has 0 saturated carbocycles. The molecule has 1 unspecified atom stereocenters. The van der Waals surface area contributed by atoms with Crippen LogP contribution in [0.15, 0.2) is 47.4 Å². The first-order valence-corrected chi connectivity index (χ1v) is 11.9. The molecule has 0 bridgehead atoms. The number of benzene rings is 2. The topological polar surface area (TPSA) is 95.6 Å². The molecule has 1 heterocycles. The van der Waals surface area contributed by atoms with E-state index < -0.39 is 22.0 Å². The number of amides is 2. The number of sulfonamides is 1. The molecule has 2 N–H and O–H groups in total. The third-order valence-electron chi connectivity index (χ3n) is 5.09. The number of rotatable bonds is 7. The number of anilines is 2. The van der Waals surface area contributed by atoms with Gasteiger partial charge in [0.1, 0.15) is 6.04 Å². The summed E-state index contributed by atoms with van der Waals surface area (Å²) in [6.07, 6.45) is 0.769. The summed E-state index contributed by atoms with van der Waals surface area (Å²) in [6.45, 7) is 5.72. The van der Waals surface area contributed by atoms with E-state index in [2.05, 4.69) is 10.0 Å². The highest BCUT2D eigenvalue weighted by Gasteiger charge is 2.32. The minimum Gasteiger partial charge on any atom is -0.325 e. The van der Waals surface area contributed by atoms with Crippen LogP contribution in [0.5, 0.6) is 0 Å². The van der Waals surface area contributed by atoms with Crippen molar-refractivity contribution in [3.63, 3.8) is 0 Å². The molecule has 3 rings (SSSR count). The van der Waals surface area contributed by atoms with Crippen LogP contribution in [0.1, 0.15) is 32.8 Å². The van der Waals surface area contributed by atoms with Crippen molar-refractivity contribution < 1.29 is 18.0 Å². The van der Waals surface area contributed by atoms with Crippen molar-refractivity contribution in [2.45, 2.75) is 44.6 Å². The van der Waals surface area contributed by atoms with Gasteiger partial charge in [-0.3, -0.25) is 9.59 Å². The number of carbonyl (C=O) groups excluding carboxylic acids is 2. The lowest BCUT2D eigenvalue weighted by Crippen LogP contribution is -2.44. The zero-order valence-electron chi connectivity index (χ0n) is 17.7. The molecule has 2 amide bonds. The minimum absolute atomic E-state index is 0.0818. The first-order chi connectivity index (χ1) is 14.6. The molecule has 1 atom stereocenters. The van der Waals surface area contributed by atoms with Crippen LogP contribution < -0.4 is 14.9 Å². The predicted molar refractivity (Wildman–Crippen MR) is 122 cm³/mol. The van der Waals surface area contributed by atoms with Gasteiger partial charge in [0.05, 0.1) is 4.90 Å². The molecule has 9 heteroatoms. The third-order valence-corrected chi connectivity index (χ3v) is 6.90. The Labute approximate surface area is 187 Å². The van der Waals surface area contributed by atoms with E-state index in [1.54, 1.807) is 41.3 Å². The maximum absolute atomic E-state index is 13.2. The molecule has 0 aliphatic carbocycles. The molecule has 2 aromatic rings. The van der Waals surface area contributed by atoms with E-state index in [1.807, 2.05) is 13.8 Å². The Morgan fingerprint density at radius 2 is 1.81 bits per heavy atom. The van der Waals surface area contributed by atoms with E-state index in [0.29, 0.717) is 41.3 Å². The Kier molecular flexibility index (Phi) is 7.03. The average molecular weight is 464 g/mol. The van der Waals surface area contributed by atoms with Crippen LogP contribution in [0.2, 0.25) is 5.02 Å². The van der Waals surface area contributed by atoms with Crippen LogP contribution >= 0.6 is 11.6 Å². The molecule has 0 aromatic heterocycles. The van der Waals surface area contributed by atoms with Crippen LogP contribution in [-0.4, -0.2) is 32.8 Å². The van der Waals surface area contributed by atoms with Gasteiger partial charge in [-0.2, -0.15) is 4.72 Å². The van der Waals surface area contributed by atoms with Crippen molar-refractivity contribution in [2.75, 3.05) is 16.8 Å². The van der Waals surface area contributed by atoms with Crippen molar-refractivity contribution >= 4 is 44.8 Å². The fourth-order valence-electron chi connectivity index (χ4n) is 3.67. The second kappa shape index (κ2) is 9.38. The van der Waals surface area contributed by atoms with Crippen LogP contribution in [0.25, 0.3) is 0 Å². The fourth-order valence-corrected chi connectivity index (χ4v) is 5.29. The summed E-state index contributed by atoms with van der Waals surface area (Å²) in [5, 5.41) is 3.28. The maximum atomic E-state index is 13.2. The number of hydrogen-bond acceptors (Lipinski definition) is 4. The predicted octanol–water partition coefficient (Wildman–Crippen LogP) is 3.58. The van der Waals surface area contributed by atoms with E-state index in [1.165, 1.54) is 13.0 Å². The van der Waals surface area contributed by atoms with Crippen LogP contribution in [-0.2, 0) is 26.0 Å². The zero-order chi connectivity index (χ0) is 22.8. The van der Waals surface area contributed by atoms with Crippen LogP contribution in [0.4, 0.5) is 11.4 Å². The number of nitrogens with one attached hydrogen (secondary N) is 2. The molecule has 31 heavy (non-hydrogen) atoms. The summed E-state index contributed by atoms with van der Waals surface area (Å²) in [4.78, 5) is 26.4. The summed E-state index contributed by atoms with van der Waals surface area (Å²) in [5.41, 5.74) is 1.72. The fraction of sp³-hybridized carbons (Fsp3) is 0.364. The maximum Gasteiger partial charge on any atom is 0.242 e. The lowest BCUT2D eigenvalue weighted by atomic mass is 10.0. The average Bonchev–Trinajstić information content (AvgIpc) is 3.13. The van der Waals surface area contributed by atoms with Crippen molar-refractivity contribution in [1.29, 1.82) is 0 Å². The monoisotopic (exact) mass is 463 g/mol. The summed E-state index contributed by atoms with van der Waals surface area (Å²) in [6, 6.07) is 10.5. The smallest absolute Gasteiger partial charge is 0.242 e. The van der Waals surface area contributed by atoms with Gasteiger partial charge < -0.3 is 10.2 Å². The third kappa shape index (κ3) is 5.44. The molecule has 7 nitrogen and oxygen atoms in total. The first-order valence-electron chi connectivity index (χ1n) is 10.1. The summed E-state index contributed by atoms with van der Waals surface area (Å²) in [7, 11) is -3.99. The van der Waals surface area contributed by atoms with Gasteiger partial charge in [0, 0.05) is 29.9 Å². The van der Waals surface area contributed by atoms with Gasteiger partial charge in [0.25, 0.3) is 0 Å². The lowest BCUT2D eigenvalue weighted by Gasteiger charge is -2.21. The Hall–Kier alpha value is -2.42. The molecule has 0 spiro atoms. The number of fused-ring (bicyclic) bond motifs is 1. The Bertz CT molecular complexity index is 1080. The molecule has 0 fully saturated rings. The quantitative estimate of drug-likeness (QED) is 0.656. The highest BCUT2D eigenvalue weighted by Crippen LogP contribution is 2.33. The normalized spacial score (nSPS) is 14.4. The second-order valence-electron chi connectivity index (χ2n) is 7.97. The largest absolute Gasteiger partial charge is 0.325 e. The summed E-state index contributed by atoms with van der Waals surface area (Å²) >= 11 is 5.88. The van der Waals surface area contributed by atoms with Gasteiger partial charge in [-0.25, -0.2) is 8.42 Å². The van der Waals surface area contributed by atoms with Gasteiger partial charge in [0.15, 0.2) is 0 Å². The van der Waals surface area contributed by atoms with Gasteiger partial charge in [-0.1, -0.05) is 31.5 Å². The minimum atomic E-state index is -3.99. The number of carbonyl (C=O) groups is 2. The SMILES string of the molecule is CC(=O)N1CCc2c1cccc2S(=O)(=O)NC(CC(C)C)C(=O)Nc1ccc(Cl)cc1. The molecular weight excluding hydrogens is 438 g/mol. The Morgan fingerprint density at radius 1 is 1.13 bits per heavy atom. The second-order valence-corrected chi connectivity index (χ2v) is 10.1. The van der Waals surface area contributed by atoms with E-state index in [9.17, 15) is 18.0 Å². The highest BCUT2D eigenvalue weighted by atomic mass is 35.5. The first kappa shape index (κ1) is 23.2. The Balaban J connectivity index is 1.87. The van der Waals surface area contributed by atoms with Crippen molar-refractivity contribution in [3.8, 4) is 0 Å². The Morgan fingerprint density at radius 3 is 2.42 bits per heavy atom. The van der Waals surface area contributed by atoms with E-state index in [4.69, 9.17) is 11.6 Å². The summed E-state index contributed by atoms with van der Waals surface area (Å²) in [5.74, 6) is -0.503. The molecule has 2 aromatic carbocycles. The summed E-state index contributed by atoms with van der Waals surface area (Å²) < 4.78 is 29.1. The number of nitrogens with zero attached hydrogens (tertiary/aromatic N) is 1. The lowest BCUT2D eigenvalue weighted by molar-refractivity contribution is -0.118. The van der Waals surface area contributed by atoms with Gasteiger partial charge >= 0.3 is 0 Å². The van der Waals surface area contributed by atoms with Crippen molar-refractivity contribution in [2.24, 2.45) is 5.92 Å². The molecule has 0 saturated heterocycles. The molecule has 1 aliphatic rings. The van der Waals surface area contributed by atoms with Crippen molar-refractivity contribution in [1.82, 2.24) is 4.72 Å². The molecule has 166 valence electrons. The van der Waals surface area contributed by atoms with Crippen LogP contribution in [0, 0.1) is 5.92 Å². The van der Waals surface area contributed by atoms with E-state index in [0.717, 1.165) is 0 Å².